The van der Waals surface area contributed by atoms with Crippen LogP contribution in [-0.2, 0) is 0 Å². The molecule has 0 bridgehead atoms. The average molecular weight is 506 g/mol. The second-order valence-corrected chi connectivity index (χ2v) is 9.70. The lowest BCUT2D eigenvalue weighted by atomic mass is 10.1. The summed E-state index contributed by atoms with van der Waals surface area (Å²) in [5, 5.41) is 22.0. The molecule has 10 heteroatoms. The van der Waals surface area contributed by atoms with Gasteiger partial charge in [0.2, 0.25) is 5.13 Å². The number of nitrogens with one attached hydrogen (secondary N) is 1. The van der Waals surface area contributed by atoms with Crippen LogP contribution in [-0.4, -0.2) is 30.8 Å². The minimum Gasteiger partial charge on any atom is -0.478 e. The molecule has 7 nitrogen and oxygen atoms in total. The Morgan fingerprint density at radius 3 is 2.63 bits per heavy atom. The molecule has 1 fully saturated rings. The molecular formula is C25H17ClFN5O2S. The molecule has 0 unspecified atom stereocenters. The van der Waals surface area contributed by atoms with Crippen LogP contribution in [0.2, 0.25) is 5.02 Å². The number of carbonyl (C=O) groups is 1. The fourth-order valence-electron chi connectivity index (χ4n) is 4.01. The summed E-state index contributed by atoms with van der Waals surface area (Å²) >= 11 is 7.26. The third-order valence-electron chi connectivity index (χ3n) is 5.82. The number of imidazole rings is 1. The van der Waals surface area contributed by atoms with Crippen LogP contribution in [0.4, 0.5) is 15.2 Å². The van der Waals surface area contributed by atoms with E-state index in [-0.39, 0.29) is 11.3 Å². The second kappa shape index (κ2) is 8.44. The highest BCUT2D eigenvalue weighted by atomic mass is 35.5. The van der Waals surface area contributed by atoms with Crippen molar-refractivity contribution in [1.82, 2.24) is 19.7 Å². The summed E-state index contributed by atoms with van der Waals surface area (Å²) in [7, 11) is 0. The molecule has 1 aliphatic rings. The molecule has 3 aromatic carbocycles. The summed E-state index contributed by atoms with van der Waals surface area (Å²) in [5.74, 6) is -0.660. The van der Waals surface area contributed by atoms with Gasteiger partial charge in [0.25, 0.3) is 0 Å². The number of benzene rings is 3. The first-order valence-electron chi connectivity index (χ1n) is 10.9. The van der Waals surface area contributed by atoms with Gasteiger partial charge in [-0.25, -0.2) is 14.2 Å². The maximum absolute atomic E-state index is 15.2. The van der Waals surface area contributed by atoms with Crippen LogP contribution in [0.25, 0.3) is 33.0 Å². The van der Waals surface area contributed by atoms with Crippen LogP contribution < -0.4 is 5.32 Å². The standard InChI is InChI=1S/C25H17ClFN5O2S/c26-16-6-4-13(5-7-16)22-28-20-12-19(18(27)11-21(20)32(22)17-8-9-17)29-25-31-30-23(35-25)14-2-1-3-15(10-14)24(33)34/h1-7,10-12,17H,8-9H2,(H,29,31)(H,33,34). The van der Waals surface area contributed by atoms with Crippen molar-refractivity contribution < 1.29 is 14.3 Å². The lowest BCUT2D eigenvalue weighted by molar-refractivity contribution is 0.0697. The molecule has 0 aliphatic heterocycles. The number of rotatable bonds is 6. The molecule has 2 heterocycles. The number of fused-ring (bicyclic) bond motifs is 1. The van der Waals surface area contributed by atoms with Gasteiger partial charge >= 0.3 is 5.97 Å². The van der Waals surface area contributed by atoms with Gasteiger partial charge in [-0.15, -0.1) is 10.2 Å². The molecule has 0 atom stereocenters. The van der Waals surface area contributed by atoms with Crippen molar-refractivity contribution in [2.45, 2.75) is 18.9 Å². The molecule has 174 valence electrons. The van der Waals surface area contributed by atoms with E-state index in [1.807, 2.05) is 24.3 Å². The zero-order chi connectivity index (χ0) is 24.1. The van der Waals surface area contributed by atoms with Gasteiger partial charge < -0.3 is 15.0 Å². The predicted molar refractivity (Wildman–Crippen MR) is 134 cm³/mol. The summed E-state index contributed by atoms with van der Waals surface area (Å²) < 4.78 is 17.3. The fraction of sp³-hybridized carbons (Fsp3) is 0.120. The average Bonchev–Trinajstić information content (AvgIpc) is 3.47. The largest absolute Gasteiger partial charge is 0.478 e. The summed E-state index contributed by atoms with van der Waals surface area (Å²) in [6.07, 6.45) is 2.06. The van der Waals surface area contributed by atoms with E-state index in [0.717, 1.165) is 29.7 Å². The number of aromatic nitrogens is 4. The van der Waals surface area contributed by atoms with Crippen molar-refractivity contribution in [1.29, 1.82) is 0 Å². The minimum absolute atomic E-state index is 0.159. The van der Waals surface area contributed by atoms with Gasteiger partial charge in [0.05, 0.1) is 22.3 Å². The van der Waals surface area contributed by atoms with Crippen molar-refractivity contribution >= 4 is 50.8 Å². The Hall–Kier alpha value is -3.82. The number of halogens is 2. The summed E-state index contributed by atoms with van der Waals surface area (Å²) in [5.41, 5.74) is 3.36. The van der Waals surface area contributed by atoms with E-state index in [2.05, 4.69) is 20.1 Å². The molecule has 0 radical (unpaired) electrons. The highest BCUT2D eigenvalue weighted by Crippen LogP contribution is 2.42. The van der Waals surface area contributed by atoms with Crippen LogP contribution in [0.15, 0.2) is 60.7 Å². The fourth-order valence-corrected chi connectivity index (χ4v) is 4.89. The Balaban J connectivity index is 1.35. The van der Waals surface area contributed by atoms with Crippen LogP contribution in [0, 0.1) is 5.82 Å². The highest BCUT2D eigenvalue weighted by Gasteiger charge is 2.29. The summed E-state index contributed by atoms with van der Waals surface area (Å²) in [6, 6.07) is 17.4. The van der Waals surface area contributed by atoms with E-state index < -0.39 is 11.8 Å². The van der Waals surface area contributed by atoms with Gasteiger partial charge in [-0.3, -0.25) is 0 Å². The van der Waals surface area contributed by atoms with Crippen molar-refractivity contribution in [3.8, 4) is 22.0 Å². The molecule has 0 saturated heterocycles. The van der Waals surface area contributed by atoms with Crippen LogP contribution in [0.1, 0.15) is 29.2 Å². The normalized spacial score (nSPS) is 13.3. The third kappa shape index (κ3) is 4.13. The SMILES string of the molecule is O=C(O)c1cccc(-c2nnc(Nc3cc4nc(-c5ccc(Cl)cc5)n(C5CC5)c4cc3F)s2)c1. The Kier molecular flexibility index (Phi) is 5.23. The van der Waals surface area contributed by atoms with Gasteiger partial charge in [-0.05, 0) is 55.3 Å². The van der Waals surface area contributed by atoms with E-state index in [0.29, 0.717) is 32.3 Å². The quantitative estimate of drug-likeness (QED) is 0.264. The van der Waals surface area contributed by atoms with Crippen molar-refractivity contribution in [2.75, 3.05) is 5.32 Å². The highest BCUT2D eigenvalue weighted by molar-refractivity contribution is 7.18. The first kappa shape index (κ1) is 21.7. The first-order chi connectivity index (χ1) is 17.0. The smallest absolute Gasteiger partial charge is 0.335 e. The molecule has 2 N–H and O–H groups in total. The van der Waals surface area contributed by atoms with Gasteiger partial charge in [0, 0.05) is 28.3 Å². The van der Waals surface area contributed by atoms with Gasteiger partial charge in [0.1, 0.15) is 16.6 Å². The number of anilines is 2. The van der Waals surface area contributed by atoms with Crippen molar-refractivity contribution in [3.63, 3.8) is 0 Å². The monoisotopic (exact) mass is 505 g/mol. The minimum atomic E-state index is -1.02. The van der Waals surface area contributed by atoms with Crippen LogP contribution in [0.3, 0.4) is 0 Å². The molecule has 0 spiro atoms. The molecule has 35 heavy (non-hydrogen) atoms. The number of carboxylic acids is 1. The van der Waals surface area contributed by atoms with Crippen LogP contribution in [0.5, 0.6) is 0 Å². The summed E-state index contributed by atoms with van der Waals surface area (Å²) in [4.78, 5) is 16.1. The topological polar surface area (TPSA) is 92.9 Å². The zero-order valence-corrected chi connectivity index (χ0v) is 19.6. The molecule has 0 amide bonds. The van der Waals surface area contributed by atoms with E-state index in [1.54, 1.807) is 18.2 Å². The van der Waals surface area contributed by atoms with Gasteiger partial charge in [-0.1, -0.05) is 35.1 Å². The second-order valence-electron chi connectivity index (χ2n) is 8.29. The molecular weight excluding hydrogens is 489 g/mol. The zero-order valence-electron chi connectivity index (χ0n) is 18.1. The molecule has 5 aromatic rings. The molecule has 6 rings (SSSR count). The van der Waals surface area contributed by atoms with Crippen molar-refractivity contribution in [3.05, 3.63) is 77.1 Å². The Morgan fingerprint density at radius 2 is 1.89 bits per heavy atom. The Labute approximate surface area is 207 Å². The number of hydrogen-bond acceptors (Lipinski definition) is 6. The number of nitrogens with zero attached hydrogens (tertiary/aromatic N) is 4. The molecule has 1 aliphatic carbocycles. The lowest BCUT2D eigenvalue weighted by Gasteiger charge is -2.09. The number of carboxylic acid groups (broad SMARTS) is 1. The Morgan fingerprint density at radius 1 is 1.09 bits per heavy atom. The number of hydrogen-bond donors (Lipinski definition) is 2. The molecule has 2 aromatic heterocycles. The third-order valence-corrected chi connectivity index (χ3v) is 6.96. The molecule has 1 saturated carbocycles. The van der Waals surface area contributed by atoms with E-state index in [4.69, 9.17) is 16.6 Å². The first-order valence-corrected chi connectivity index (χ1v) is 12.1. The van der Waals surface area contributed by atoms with Gasteiger partial charge in [-0.2, -0.15) is 0 Å². The van der Waals surface area contributed by atoms with Gasteiger partial charge in [0.15, 0.2) is 0 Å². The van der Waals surface area contributed by atoms with Crippen molar-refractivity contribution in [2.24, 2.45) is 0 Å². The maximum atomic E-state index is 15.2. The number of aromatic carboxylic acids is 1. The van der Waals surface area contributed by atoms with Crippen LogP contribution >= 0.6 is 22.9 Å². The Bertz CT molecular complexity index is 1590. The van der Waals surface area contributed by atoms with E-state index >= 15 is 4.39 Å². The van der Waals surface area contributed by atoms with E-state index in [9.17, 15) is 9.90 Å². The predicted octanol–water partition coefficient (Wildman–Crippen LogP) is 6.79. The lowest BCUT2D eigenvalue weighted by Crippen LogP contribution is -1.98. The van der Waals surface area contributed by atoms with E-state index in [1.165, 1.54) is 29.5 Å². The maximum Gasteiger partial charge on any atom is 0.335 e. The summed E-state index contributed by atoms with van der Waals surface area (Å²) in [6.45, 7) is 0.